The predicted molar refractivity (Wildman–Crippen MR) is 314 cm³/mol. The first-order chi connectivity index (χ1) is 39.8. The third-order valence-corrected chi connectivity index (χ3v) is 16.8. The summed E-state index contributed by atoms with van der Waals surface area (Å²) >= 11 is 0. The molecule has 0 aromatic carbocycles. The Morgan fingerprint density at radius 3 is 1.18 bits per heavy atom. The predicted octanol–water partition coefficient (Wildman–Crippen LogP) is 7.33. The Morgan fingerprint density at radius 1 is 0.427 bits per heavy atom. The second-order valence-corrected chi connectivity index (χ2v) is 23.9. The number of carbonyl (C=O) groups is 1. The molecule has 0 radical (unpaired) electrons. The lowest BCUT2D eigenvalue weighted by atomic mass is 9.96. The maximum Gasteiger partial charge on any atom is 0.220 e. The molecule has 0 saturated carbocycles. The average Bonchev–Trinajstić information content (AvgIpc) is 3.21. The first-order valence-corrected chi connectivity index (χ1v) is 32.9. The molecule has 3 rings (SSSR count). The van der Waals surface area contributed by atoms with Gasteiger partial charge in [-0.2, -0.15) is 0 Å². The van der Waals surface area contributed by atoms with Crippen LogP contribution in [0.3, 0.4) is 0 Å². The molecular weight excluding hydrogens is 1060 g/mol. The Balaban J connectivity index is 1.45. The van der Waals surface area contributed by atoms with Gasteiger partial charge >= 0.3 is 0 Å². The van der Waals surface area contributed by atoms with Crippen molar-refractivity contribution < 1.29 is 89.4 Å². The summed E-state index contributed by atoms with van der Waals surface area (Å²) in [6.07, 6.45) is 21.5. The van der Waals surface area contributed by atoms with Gasteiger partial charge in [-0.05, 0) is 38.5 Å². The van der Waals surface area contributed by atoms with Gasteiger partial charge in [-0.1, -0.05) is 219 Å². The van der Waals surface area contributed by atoms with E-state index in [4.69, 9.17) is 28.4 Å². The van der Waals surface area contributed by atoms with Crippen LogP contribution < -0.4 is 5.32 Å². The topological polar surface area (TPSA) is 307 Å². The van der Waals surface area contributed by atoms with Gasteiger partial charge in [0, 0.05) is 6.42 Å². The Morgan fingerprint density at radius 2 is 0.768 bits per heavy atom. The molecule has 19 heteroatoms. The molecule has 3 saturated heterocycles. The van der Waals surface area contributed by atoms with Crippen LogP contribution in [0.1, 0.15) is 251 Å². The minimum Gasteiger partial charge on any atom is -0.394 e. The molecule has 3 aliphatic rings. The SMILES string of the molecule is CCCCCCC/C=C\CCCCCCCC(=O)NC(COC1OC(CO)C(OC2OC(CO)C(OC3OC(CO)C(O)C(O)C3O)C(O)C2O)C(O)C1O)C(O)CCCCCCCCCCCCCCCCCCCCCCCCC. The van der Waals surface area contributed by atoms with Crippen molar-refractivity contribution in [3.05, 3.63) is 12.2 Å². The molecule has 12 N–H and O–H groups in total. The summed E-state index contributed by atoms with van der Waals surface area (Å²) in [6, 6.07) is -0.888. The number of nitrogens with one attached hydrogen (secondary N) is 1. The van der Waals surface area contributed by atoms with E-state index in [9.17, 15) is 61.0 Å². The number of aliphatic hydroxyl groups is 11. The number of amides is 1. The van der Waals surface area contributed by atoms with E-state index in [2.05, 4.69) is 31.3 Å². The van der Waals surface area contributed by atoms with Crippen molar-refractivity contribution >= 4 is 5.91 Å². The second-order valence-electron chi connectivity index (χ2n) is 23.9. The molecule has 0 aromatic heterocycles. The zero-order chi connectivity index (χ0) is 59.7. The first kappa shape index (κ1) is 74.8. The van der Waals surface area contributed by atoms with Crippen LogP contribution in [0.15, 0.2) is 12.2 Å². The van der Waals surface area contributed by atoms with Gasteiger partial charge in [0.2, 0.25) is 5.91 Å². The fourth-order valence-electron chi connectivity index (χ4n) is 11.4. The quantitative estimate of drug-likeness (QED) is 0.0210. The lowest BCUT2D eigenvalue weighted by Crippen LogP contribution is -2.66. The number of allylic oxidation sites excluding steroid dienone is 2. The molecule has 3 aliphatic heterocycles. The molecule has 0 aromatic rings. The fourth-order valence-corrected chi connectivity index (χ4v) is 11.4. The molecule has 3 fully saturated rings. The lowest BCUT2D eigenvalue weighted by Gasteiger charge is -2.48. The van der Waals surface area contributed by atoms with Crippen LogP contribution in [0, 0.1) is 0 Å². The van der Waals surface area contributed by atoms with Crippen molar-refractivity contribution in [1.29, 1.82) is 0 Å². The second kappa shape index (κ2) is 46.7. The molecule has 3 heterocycles. The third kappa shape index (κ3) is 29.5. The van der Waals surface area contributed by atoms with E-state index in [0.717, 1.165) is 64.2 Å². The smallest absolute Gasteiger partial charge is 0.220 e. The Kier molecular flexibility index (Phi) is 42.5. The molecule has 0 spiro atoms. The van der Waals surface area contributed by atoms with Gasteiger partial charge < -0.3 is 89.9 Å². The minimum atomic E-state index is -1.97. The molecule has 0 bridgehead atoms. The summed E-state index contributed by atoms with van der Waals surface area (Å²) in [4.78, 5) is 13.4. The normalized spacial score (nSPS) is 29.6. The van der Waals surface area contributed by atoms with E-state index in [1.165, 1.54) is 154 Å². The summed E-state index contributed by atoms with van der Waals surface area (Å²) in [7, 11) is 0. The highest BCUT2D eigenvalue weighted by Gasteiger charge is 2.53. The standard InChI is InChI=1S/C63H119NO18/c1-3-5-7-9-11-13-15-17-19-20-21-22-23-24-25-26-27-28-30-32-34-36-38-40-47(68)46(64-51(69)41-39-37-35-33-31-29-18-16-14-12-10-8-6-4-2)45-77-61-57(75)54(72)59(49(43-66)79-61)82-63-58(76)55(73)60(50(44-67)80-63)81-62-56(74)53(71)52(70)48(42-65)78-62/h16,18,46-50,52-63,65-68,70-76H,3-15,17,19-45H2,1-2H3,(H,64,69)/b18-16-. The Bertz CT molecular complexity index is 1550. The van der Waals surface area contributed by atoms with Crippen molar-refractivity contribution in [2.45, 2.75) is 356 Å². The molecule has 0 aliphatic carbocycles. The maximum absolute atomic E-state index is 13.4. The highest BCUT2D eigenvalue weighted by Crippen LogP contribution is 2.33. The monoisotopic (exact) mass is 1180 g/mol. The zero-order valence-electron chi connectivity index (χ0n) is 50.7. The molecule has 484 valence electrons. The number of ether oxygens (including phenoxy) is 6. The van der Waals surface area contributed by atoms with Crippen LogP contribution in [0.4, 0.5) is 0 Å². The lowest BCUT2D eigenvalue weighted by molar-refractivity contribution is -0.379. The van der Waals surface area contributed by atoms with Gasteiger partial charge in [-0.25, -0.2) is 0 Å². The molecule has 1 amide bonds. The number of rotatable bonds is 50. The Labute approximate surface area is 493 Å². The maximum atomic E-state index is 13.4. The first-order valence-electron chi connectivity index (χ1n) is 32.9. The van der Waals surface area contributed by atoms with Gasteiger partial charge in [-0.3, -0.25) is 4.79 Å². The van der Waals surface area contributed by atoms with E-state index < -0.39 is 124 Å². The van der Waals surface area contributed by atoms with Crippen molar-refractivity contribution in [1.82, 2.24) is 5.32 Å². The molecule has 19 nitrogen and oxygen atoms in total. The van der Waals surface area contributed by atoms with Crippen molar-refractivity contribution in [2.75, 3.05) is 26.4 Å². The number of hydrogen-bond acceptors (Lipinski definition) is 18. The number of aliphatic hydroxyl groups excluding tert-OH is 11. The van der Waals surface area contributed by atoms with Gasteiger partial charge in [-0.15, -0.1) is 0 Å². The summed E-state index contributed by atoms with van der Waals surface area (Å²) in [5.41, 5.74) is 0. The number of carbonyl (C=O) groups excluding carboxylic acids is 1. The van der Waals surface area contributed by atoms with Crippen molar-refractivity contribution in [2.24, 2.45) is 0 Å². The van der Waals surface area contributed by atoms with E-state index >= 15 is 0 Å². The minimum absolute atomic E-state index is 0.249. The largest absolute Gasteiger partial charge is 0.394 e. The van der Waals surface area contributed by atoms with E-state index in [0.29, 0.717) is 12.8 Å². The van der Waals surface area contributed by atoms with Crippen LogP contribution in [0.25, 0.3) is 0 Å². The highest BCUT2D eigenvalue weighted by atomic mass is 16.8. The number of unbranched alkanes of at least 4 members (excludes halogenated alkanes) is 32. The molecular formula is C63H119NO18. The van der Waals surface area contributed by atoms with Gasteiger partial charge in [0.15, 0.2) is 18.9 Å². The molecule has 82 heavy (non-hydrogen) atoms. The van der Waals surface area contributed by atoms with E-state index in [1.54, 1.807) is 0 Å². The average molecular weight is 1180 g/mol. The van der Waals surface area contributed by atoms with Crippen LogP contribution in [0.5, 0.6) is 0 Å². The molecule has 17 atom stereocenters. The van der Waals surface area contributed by atoms with E-state index in [1.807, 2.05) is 0 Å². The van der Waals surface area contributed by atoms with Gasteiger partial charge in [0.25, 0.3) is 0 Å². The van der Waals surface area contributed by atoms with Crippen molar-refractivity contribution in [3.8, 4) is 0 Å². The molecule has 17 unspecified atom stereocenters. The Hall–Kier alpha value is -1.47. The fraction of sp³-hybridized carbons (Fsp3) is 0.952. The van der Waals surface area contributed by atoms with Crippen LogP contribution in [0.2, 0.25) is 0 Å². The summed E-state index contributed by atoms with van der Waals surface area (Å²) in [6.45, 7) is 1.80. The van der Waals surface area contributed by atoms with Gasteiger partial charge in [0.05, 0.1) is 38.6 Å². The summed E-state index contributed by atoms with van der Waals surface area (Å²) in [5.74, 6) is -0.249. The summed E-state index contributed by atoms with van der Waals surface area (Å²) in [5, 5.41) is 120. The van der Waals surface area contributed by atoms with Crippen LogP contribution in [-0.4, -0.2) is 193 Å². The third-order valence-electron chi connectivity index (χ3n) is 16.8. The van der Waals surface area contributed by atoms with E-state index in [-0.39, 0.29) is 18.9 Å². The zero-order valence-corrected chi connectivity index (χ0v) is 50.7. The number of hydrogen-bond donors (Lipinski definition) is 12. The van der Waals surface area contributed by atoms with Crippen LogP contribution >= 0.6 is 0 Å². The summed E-state index contributed by atoms with van der Waals surface area (Å²) < 4.78 is 34.4. The highest BCUT2D eigenvalue weighted by molar-refractivity contribution is 5.76. The van der Waals surface area contributed by atoms with Gasteiger partial charge in [0.1, 0.15) is 73.2 Å². The van der Waals surface area contributed by atoms with Crippen LogP contribution in [-0.2, 0) is 33.2 Å². The van der Waals surface area contributed by atoms with Crippen molar-refractivity contribution in [3.63, 3.8) is 0 Å².